The van der Waals surface area contributed by atoms with E-state index < -0.39 is 11.1 Å². The van der Waals surface area contributed by atoms with Crippen molar-refractivity contribution in [3.8, 4) is 0 Å². The van der Waals surface area contributed by atoms with Gasteiger partial charge in [0, 0.05) is 0 Å². The van der Waals surface area contributed by atoms with Crippen LogP contribution >= 0.6 is 0 Å². The quantitative estimate of drug-likeness (QED) is 0.637. The molecule has 1 fully saturated rings. The molecule has 4 heteroatoms. The van der Waals surface area contributed by atoms with E-state index in [4.69, 9.17) is 0 Å². The fraction of sp³-hybridized carbons (Fsp3) is 0.909. The molecule has 0 spiro atoms. The second-order valence-electron chi connectivity index (χ2n) is 5.32. The fourth-order valence-corrected chi connectivity index (χ4v) is 1.46. The van der Waals surface area contributed by atoms with Gasteiger partial charge in [-0.2, -0.15) is 0 Å². The zero-order valence-electron chi connectivity index (χ0n) is 10.1. The third-order valence-corrected chi connectivity index (χ3v) is 3.34. The van der Waals surface area contributed by atoms with E-state index in [1.807, 2.05) is 13.8 Å². The molecular weight excluding hydrogens is 192 g/mol. The van der Waals surface area contributed by atoms with Gasteiger partial charge < -0.3 is 15.7 Å². The Hall–Kier alpha value is -0.610. The highest BCUT2D eigenvalue weighted by Crippen LogP contribution is 2.21. The predicted molar refractivity (Wildman–Crippen MR) is 59.5 cm³/mol. The van der Waals surface area contributed by atoms with Gasteiger partial charge in [0.15, 0.2) is 0 Å². The average Bonchev–Trinajstić information content (AvgIpc) is 2.51. The van der Waals surface area contributed by atoms with Crippen LogP contribution in [0.1, 0.15) is 40.5 Å². The summed E-state index contributed by atoms with van der Waals surface area (Å²) in [6.45, 7) is 7.98. The van der Waals surface area contributed by atoms with Crippen molar-refractivity contribution in [3.05, 3.63) is 0 Å². The van der Waals surface area contributed by atoms with Crippen molar-refractivity contribution in [2.24, 2.45) is 0 Å². The van der Waals surface area contributed by atoms with E-state index in [1.165, 1.54) is 0 Å². The molecule has 0 saturated carbocycles. The van der Waals surface area contributed by atoms with Crippen molar-refractivity contribution in [1.82, 2.24) is 10.6 Å². The molecule has 1 aliphatic heterocycles. The van der Waals surface area contributed by atoms with Crippen LogP contribution in [0.4, 0.5) is 0 Å². The number of hydrogen-bond donors (Lipinski definition) is 3. The minimum absolute atomic E-state index is 0.0142. The normalized spacial score (nSPS) is 22.9. The summed E-state index contributed by atoms with van der Waals surface area (Å²) in [6, 6.07) is -0.0911. The molecular formula is C11H22N2O2. The molecule has 1 heterocycles. The summed E-state index contributed by atoms with van der Waals surface area (Å²) < 4.78 is 0. The van der Waals surface area contributed by atoms with E-state index in [-0.39, 0.29) is 11.9 Å². The lowest BCUT2D eigenvalue weighted by molar-refractivity contribution is -0.127. The smallest absolute Gasteiger partial charge is 0.237 e. The number of hydrogen-bond acceptors (Lipinski definition) is 3. The topological polar surface area (TPSA) is 61.4 Å². The molecule has 1 unspecified atom stereocenters. The van der Waals surface area contributed by atoms with Crippen LogP contribution in [0.3, 0.4) is 0 Å². The summed E-state index contributed by atoms with van der Waals surface area (Å²) in [7, 11) is 0. The Bertz CT molecular complexity index is 237. The van der Waals surface area contributed by atoms with Crippen LogP contribution in [-0.4, -0.2) is 34.7 Å². The molecule has 0 aromatic heterocycles. The Labute approximate surface area is 91.4 Å². The molecule has 0 aromatic carbocycles. The summed E-state index contributed by atoms with van der Waals surface area (Å²) in [4.78, 5) is 11.8. The van der Waals surface area contributed by atoms with E-state index >= 15 is 0 Å². The summed E-state index contributed by atoms with van der Waals surface area (Å²) in [5.41, 5.74) is -1.55. The predicted octanol–water partition coefficient (Wildman–Crippen LogP) is 0.404. The maximum atomic E-state index is 11.8. The lowest BCUT2D eigenvalue weighted by Crippen LogP contribution is -2.60. The van der Waals surface area contributed by atoms with Crippen molar-refractivity contribution in [1.29, 1.82) is 0 Å². The van der Waals surface area contributed by atoms with Crippen LogP contribution in [0.25, 0.3) is 0 Å². The zero-order chi connectivity index (χ0) is 11.7. The van der Waals surface area contributed by atoms with E-state index in [9.17, 15) is 9.90 Å². The molecule has 4 nitrogen and oxygen atoms in total. The molecule has 1 aliphatic rings. The Balaban J connectivity index is 2.57. The molecule has 1 atom stereocenters. The van der Waals surface area contributed by atoms with E-state index in [0.29, 0.717) is 0 Å². The summed E-state index contributed by atoms with van der Waals surface area (Å²) in [5, 5.41) is 15.9. The van der Waals surface area contributed by atoms with Crippen molar-refractivity contribution in [3.63, 3.8) is 0 Å². The number of carbonyl (C=O) groups excluding carboxylic acids is 1. The molecule has 88 valence electrons. The fourth-order valence-electron chi connectivity index (χ4n) is 1.46. The molecule has 0 radical (unpaired) electrons. The average molecular weight is 214 g/mol. The van der Waals surface area contributed by atoms with Gasteiger partial charge in [-0.3, -0.25) is 4.79 Å². The van der Waals surface area contributed by atoms with E-state index in [1.54, 1.807) is 13.8 Å². The summed E-state index contributed by atoms with van der Waals surface area (Å²) >= 11 is 0. The van der Waals surface area contributed by atoms with E-state index in [0.717, 1.165) is 19.4 Å². The molecule has 0 aromatic rings. The maximum Gasteiger partial charge on any atom is 0.237 e. The minimum Gasteiger partial charge on any atom is -0.388 e. The molecule has 3 N–H and O–H groups in total. The first-order valence-electron chi connectivity index (χ1n) is 5.52. The minimum atomic E-state index is -0.929. The van der Waals surface area contributed by atoms with Crippen molar-refractivity contribution < 1.29 is 9.90 Å². The van der Waals surface area contributed by atoms with Gasteiger partial charge >= 0.3 is 0 Å². The van der Waals surface area contributed by atoms with E-state index in [2.05, 4.69) is 10.6 Å². The van der Waals surface area contributed by atoms with Crippen LogP contribution in [0, 0.1) is 0 Å². The Kier molecular flexibility index (Phi) is 3.41. The number of aliphatic hydroxyl groups is 1. The molecule has 1 amide bonds. The Morgan fingerprint density at radius 1 is 1.40 bits per heavy atom. The van der Waals surface area contributed by atoms with Crippen LogP contribution in [0.15, 0.2) is 0 Å². The first-order chi connectivity index (χ1) is 6.74. The number of nitrogens with one attached hydrogen (secondary N) is 2. The van der Waals surface area contributed by atoms with Gasteiger partial charge in [-0.05, 0) is 47.1 Å². The van der Waals surface area contributed by atoms with Crippen LogP contribution in [0.5, 0.6) is 0 Å². The summed E-state index contributed by atoms with van der Waals surface area (Å²) in [5.74, 6) is -0.0142. The first-order valence-corrected chi connectivity index (χ1v) is 5.52. The van der Waals surface area contributed by atoms with Crippen molar-refractivity contribution >= 4 is 5.91 Å². The van der Waals surface area contributed by atoms with Crippen LogP contribution in [-0.2, 0) is 4.79 Å². The Morgan fingerprint density at radius 3 is 2.40 bits per heavy atom. The van der Waals surface area contributed by atoms with Gasteiger partial charge in [0.25, 0.3) is 0 Å². The highest BCUT2D eigenvalue weighted by molar-refractivity contribution is 5.82. The largest absolute Gasteiger partial charge is 0.388 e. The van der Waals surface area contributed by atoms with Crippen molar-refractivity contribution in [2.45, 2.75) is 57.7 Å². The van der Waals surface area contributed by atoms with Gasteiger partial charge in [-0.15, -0.1) is 0 Å². The zero-order valence-corrected chi connectivity index (χ0v) is 10.1. The van der Waals surface area contributed by atoms with Crippen LogP contribution in [0.2, 0.25) is 0 Å². The number of amides is 1. The molecule has 0 aliphatic carbocycles. The van der Waals surface area contributed by atoms with Crippen molar-refractivity contribution in [2.75, 3.05) is 6.54 Å². The van der Waals surface area contributed by atoms with Gasteiger partial charge in [-0.1, -0.05) is 0 Å². The summed E-state index contributed by atoms with van der Waals surface area (Å²) in [6.07, 6.45) is 1.93. The van der Waals surface area contributed by atoms with Gasteiger partial charge in [-0.25, -0.2) is 0 Å². The number of rotatable bonds is 3. The first kappa shape index (κ1) is 12.5. The van der Waals surface area contributed by atoms with Crippen LogP contribution < -0.4 is 10.6 Å². The maximum absolute atomic E-state index is 11.8. The highest BCUT2D eigenvalue weighted by atomic mass is 16.3. The third-order valence-electron chi connectivity index (χ3n) is 3.34. The SMILES string of the molecule is CC(C)(O)C(C)(C)NC(=O)C1CCCN1. The number of carbonyl (C=O) groups is 1. The lowest BCUT2D eigenvalue weighted by Gasteiger charge is -2.38. The standard InChI is InChI=1S/C11H22N2O2/c1-10(2,11(3,4)15)13-9(14)8-6-5-7-12-8/h8,12,15H,5-7H2,1-4H3,(H,13,14). The van der Waals surface area contributed by atoms with Gasteiger partial charge in [0.1, 0.15) is 0 Å². The van der Waals surface area contributed by atoms with Gasteiger partial charge in [0.05, 0.1) is 17.2 Å². The second kappa shape index (κ2) is 4.10. The van der Waals surface area contributed by atoms with Gasteiger partial charge in [0.2, 0.25) is 5.91 Å². The monoisotopic (exact) mass is 214 g/mol. The molecule has 1 saturated heterocycles. The Morgan fingerprint density at radius 2 is 2.00 bits per heavy atom. The lowest BCUT2D eigenvalue weighted by atomic mass is 9.85. The second-order valence-corrected chi connectivity index (χ2v) is 5.32. The molecule has 0 bridgehead atoms. The highest BCUT2D eigenvalue weighted by Gasteiger charge is 2.38. The third kappa shape index (κ3) is 2.92. The molecule has 15 heavy (non-hydrogen) atoms. The molecule has 1 rings (SSSR count).